The minimum absolute atomic E-state index is 0.193. The van der Waals surface area contributed by atoms with Crippen LogP contribution in [0.1, 0.15) is 0 Å². The van der Waals surface area contributed by atoms with Gasteiger partial charge in [0.15, 0.2) is 0 Å². The molecule has 1 aromatic rings. The van der Waals surface area contributed by atoms with E-state index in [1.165, 1.54) is 12.1 Å². The summed E-state index contributed by atoms with van der Waals surface area (Å²) in [6, 6.07) is 3.63. The topological polar surface area (TPSA) is 104 Å². The molecular formula is C6H7N2O3S. The summed E-state index contributed by atoms with van der Waals surface area (Å²) >= 11 is 0. The van der Waals surface area contributed by atoms with Gasteiger partial charge in [0, 0.05) is 5.69 Å². The van der Waals surface area contributed by atoms with Gasteiger partial charge in [-0.1, -0.05) is 0 Å². The lowest BCUT2D eigenvalue weighted by molar-refractivity contribution is 0.483. The number of rotatable bonds is 1. The largest absolute Gasteiger partial charge is 0.399 e. The van der Waals surface area contributed by atoms with Crippen molar-refractivity contribution in [2.45, 2.75) is 4.90 Å². The second kappa shape index (κ2) is 2.65. The molecule has 0 saturated carbocycles. The maximum absolute atomic E-state index is 10.6. The van der Waals surface area contributed by atoms with Crippen LogP contribution in [0.2, 0.25) is 0 Å². The Morgan fingerprint density at radius 2 is 2.00 bits per heavy atom. The van der Waals surface area contributed by atoms with E-state index in [1.54, 1.807) is 0 Å². The molecule has 12 heavy (non-hydrogen) atoms. The Morgan fingerprint density at radius 3 is 2.42 bits per heavy atom. The highest BCUT2D eigenvalue weighted by Crippen LogP contribution is 2.21. The van der Waals surface area contributed by atoms with Gasteiger partial charge in [0.2, 0.25) is 0 Å². The zero-order chi connectivity index (χ0) is 9.35. The molecule has 0 aliphatic heterocycles. The van der Waals surface area contributed by atoms with Crippen LogP contribution < -0.4 is 11.5 Å². The van der Waals surface area contributed by atoms with E-state index in [2.05, 4.69) is 0 Å². The first kappa shape index (κ1) is 8.82. The SMILES string of the molecule is [NH]c1ccc(N)cc1S(=O)(=O)O. The average Bonchev–Trinajstić information content (AvgIpc) is 1.92. The van der Waals surface area contributed by atoms with Crippen molar-refractivity contribution >= 4 is 21.5 Å². The lowest BCUT2D eigenvalue weighted by Crippen LogP contribution is -2.00. The number of anilines is 1. The van der Waals surface area contributed by atoms with E-state index in [0.29, 0.717) is 0 Å². The smallest absolute Gasteiger partial charge is 0.296 e. The Kier molecular flexibility index (Phi) is 1.95. The highest BCUT2D eigenvalue weighted by Gasteiger charge is 2.13. The molecule has 1 rings (SSSR count). The molecule has 0 unspecified atom stereocenters. The van der Waals surface area contributed by atoms with Gasteiger partial charge in [-0.05, 0) is 18.2 Å². The van der Waals surface area contributed by atoms with Crippen molar-refractivity contribution in [2.75, 3.05) is 5.73 Å². The van der Waals surface area contributed by atoms with Crippen LogP contribution in [-0.4, -0.2) is 13.0 Å². The first-order chi connectivity index (χ1) is 5.41. The molecule has 65 valence electrons. The van der Waals surface area contributed by atoms with Crippen molar-refractivity contribution in [1.82, 2.24) is 5.73 Å². The van der Waals surface area contributed by atoms with Crippen LogP contribution >= 0.6 is 0 Å². The zero-order valence-corrected chi connectivity index (χ0v) is 6.80. The van der Waals surface area contributed by atoms with Gasteiger partial charge < -0.3 is 5.73 Å². The third kappa shape index (κ3) is 1.66. The average molecular weight is 187 g/mol. The lowest BCUT2D eigenvalue weighted by atomic mass is 10.3. The minimum Gasteiger partial charge on any atom is -0.399 e. The Balaban J connectivity index is 3.43. The summed E-state index contributed by atoms with van der Waals surface area (Å²) in [7, 11) is -4.32. The number of nitrogens with one attached hydrogen (secondary N) is 1. The van der Waals surface area contributed by atoms with Crippen molar-refractivity contribution in [1.29, 1.82) is 0 Å². The number of nitrogen functional groups attached to an aromatic ring is 1. The fourth-order valence-corrected chi connectivity index (χ4v) is 1.38. The minimum atomic E-state index is -4.32. The molecule has 0 aliphatic carbocycles. The molecule has 6 heteroatoms. The van der Waals surface area contributed by atoms with Crippen molar-refractivity contribution in [3.63, 3.8) is 0 Å². The van der Waals surface area contributed by atoms with Gasteiger partial charge in [0.1, 0.15) is 4.90 Å². The Hall–Kier alpha value is -1.27. The van der Waals surface area contributed by atoms with Crippen LogP contribution in [0, 0.1) is 0 Å². The van der Waals surface area contributed by atoms with E-state index in [-0.39, 0.29) is 11.4 Å². The molecule has 0 aromatic heterocycles. The van der Waals surface area contributed by atoms with Gasteiger partial charge in [-0.25, -0.2) is 0 Å². The van der Waals surface area contributed by atoms with E-state index in [4.69, 9.17) is 16.0 Å². The Labute approximate surface area is 69.7 Å². The summed E-state index contributed by atoms with van der Waals surface area (Å²) in [6.07, 6.45) is 0. The van der Waals surface area contributed by atoms with Gasteiger partial charge in [0.25, 0.3) is 10.1 Å². The molecule has 0 atom stereocenters. The summed E-state index contributed by atoms with van der Waals surface area (Å²) in [6.45, 7) is 0. The van der Waals surface area contributed by atoms with E-state index >= 15 is 0 Å². The molecule has 0 aliphatic rings. The highest BCUT2D eigenvalue weighted by molar-refractivity contribution is 7.86. The van der Waals surface area contributed by atoms with Crippen LogP contribution in [0.25, 0.3) is 0 Å². The van der Waals surface area contributed by atoms with Crippen LogP contribution in [0.3, 0.4) is 0 Å². The summed E-state index contributed by atoms with van der Waals surface area (Å²) < 4.78 is 29.8. The van der Waals surface area contributed by atoms with Gasteiger partial charge in [-0.2, -0.15) is 8.42 Å². The summed E-state index contributed by atoms with van der Waals surface area (Å²) in [5, 5.41) is 0. The summed E-state index contributed by atoms with van der Waals surface area (Å²) in [5.74, 6) is 0. The van der Waals surface area contributed by atoms with E-state index in [0.717, 1.165) is 6.07 Å². The number of benzene rings is 1. The molecule has 1 radical (unpaired) electrons. The van der Waals surface area contributed by atoms with Gasteiger partial charge in [0.05, 0.1) is 5.69 Å². The third-order valence-corrected chi connectivity index (χ3v) is 2.18. The quantitative estimate of drug-likeness (QED) is 0.491. The molecule has 4 N–H and O–H groups in total. The predicted octanol–water partition coefficient (Wildman–Crippen LogP) is 0.430. The first-order valence-corrected chi connectivity index (χ1v) is 4.44. The second-order valence-corrected chi connectivity index (χ2v) is 3.62. The second-order valence-electron chi connectivity index (χ2n) is 2.23. The summed E-state index contributed by atoms with van der Waals surface area (Å²) in [5.41, 5.74) is 12.3. The number of hydrogen-bond acceptors (Lipinski definition) is 3. The summed E-state index contributed by atoms with van der Waals surface area (Å²) in [4.78, 5) is -0.470. The molecule has 0 heterocycles. The van der Waals surface area contributed by atoms with Crippen molar-refractivity contribution in [3.8, 4) is 0 Å². The molecule has 1 aromatic carbocycles. The monoisotopic (exact) mass is 187 g/mol. The Bertz CT molecular complexity index is 399. The molecular weight excluding hydrogens is 180 g/mol. The molecule has 0 fully saturated rings. The maximum Gasteiger partial charge on any atom is 0.296 e. The Morgan fingerprint density at radius 1 is 1.42 bits per heavy atom. The van der Waals surface area contributed by atoms with Crippen LogP contribution in [0.5, 0.6) is 0 Å². The highest BCUT2D eigenvalue weighted by atomic mass is 32.2. The zero-order valence-electron chi connectivity index (χ0n) is 5.98. The van der Waals surface area contributed by atoms with Gasteiger partial charge in [-0.15, -0.1) is 0 Å². The van der Waals surface area contributed by atoms with Crippen LogP contribution in [-0.2, 0) is 10.1 Å². The van der Waals surface area contributed by atoms with Crippen LogP contribution in [0.15, 0.2) is 23.1 Å². The predicted molar refractivity (Wildman–Crippen MR) is 43.4 cm³/mol. The van der Waals surface area contributed by atoms with E-state index in [9.17, 15) is 8.42 Å². The number of hydrogen-bond donors (Lipinski definition) is 2. The van der Waals surface area contributed by atoms with E-state index < -0.39 is 15.0 Å². The van der Waals surface area contributed by atoms with Crippen molar-refractivity contribution in [3.05, 3.63) is 18.2 Å². The molecule has 0 bridgehead atoms. The molecule has 5 nitrogen and oxygen atoms in total. The van der Waals surface area contributed by atoms with Crippen LogP contribution in [0.4, 0.5) is 11.4 Å². The van der Waals surface area contributed by atoms with E-state index in [1.807, 2.05) is 0 Å². The maximum atomic E-state index is 10.6. The number of nitrogens with two attached hydrogens (primary N) is 1. The van der Waals surface area contributed by atoms with Crippen molar-refractivity contribution in [2.24, 2.45) is 0 Å². The normalized spacial score (nSPS) is 11.4. The fourth-order valence-electron chi connectivity index (χ4n) is 0.752. The van der Waals surface area contributed by atoms with Crippen molar-refractivity contribution < 1.29 is 13.0 Å². The standard InChI is InChI=1S/C6H7N2O3S/c7-4-1-2-5(8)6(3-4)12(9,10)11/h1-3,8H,7H2,(H,9,10,11). The lowest BCUT2D eigenvalue weighted by Gasteiger charge is -2.01. The fraction of sp³-hybridized carbons (Fsp3) is 0. The molecule has 0 spiro atoms. The molecule has 0 amide bonds. The molecule has 0 saturated heterocycles. The van der Waals surface area contributed by atoms with Gasteiger partial charge in [-0.3, -0.25) is 10.3 Å². The third-order valence-electron chi connectivity index (χ3n) is 1.28. The van der Waals surface area contributed by atoms with Gasteiger partial charge >= 0.3 is 0 Å². The first-order valence-electron chi connectivity index (χ1n) is 3.00.